The van der Waals surface area contributed by atoms with Crippen LogP contribution in [0.1, 0.15) is 42.4 Å². The van der Waals surface area contributed by atoms with Gasteiger partial charge in [-0.3, -0.25) is 4.57 Å². The largest absolute Gasteiger partial charge is 0.298 e. The number of nitrogens with zero attached hydrogens (tertiary/aromatic N) is 3. The molecular weight excluding hydrogens is 310 g/mol. The summed E-state index contributed by atoms with van der Waals surface area (Å²) in [5, 5.41) is 7.54. The highest BCUT2D eigenvalue weighted by molar-refractivity contribution is 8.13. The standard InChI is InChI=1S/C14H18ClN3O2S/c1-9(2)18-13(16-17-14(18)21(15,19)20)8-12-6-5-10(3)11(4)7-12/h5-7,9H,8H2,1-4H3. The van der Waals surface area contributed by atoms with E-state index < -0.39 is 9.05 Å². The first-order valence-electron chi connectivity index (χ1n) is 6.64. The molecule has 21 heavy (non-hydrogen) atoms. The van der Waals surface area contributed by atoms with Crippen molar-refractivity contribution in [1.82, 2.24) is 14.8 Å². The van der Waals surface area contributed by atoms with Gasteiger partial charge in [0.15, 0.2) is 0 Å². The van der Waals surface area contributed by atoms with Crippen molar-refractivity contribution in [3.63, 3.8) is 0 Å². The number of hydrogen-bond donors (Lipinski definition) is 0. The summed E-state index contributed by atoms with van der Waals surface area (Å²) < 4.78 is 24.7. The molecule has 0 amide bonds. The maximum atomic E-state index is 11.6. The molecule has 0 saturated carbocycles. The maximum absolute atomic E-state index is 11.6. The number of halogens is 1. The topological polar surface area (TPSA) is 64.8 Å². The lowest BCUT2D eigenvalue weighted by molar-refractivity contribution is 0.512. The van der Waals surface area contributed by atoms with Gasteiger partial charge < -0.3 is 0 Å². The molecule has 7 heteroatoms. The fraction of sp³-hybridized carbons (Fsp3) is 0.429. The first-order valence-corrected chi connectivity index (χ1v) is 8.95. The Morgan fingerprint density at radius 1 is 1.19 bits per heavy atom. The smallest absolute Gasteiger partial charge is 0.296 e. The molecule has 1 heterocycles. The van der Waals surface area contributed by atoms with Crippen LogP contribution < -0.4 is 0 Å². The normalized spacial score (nSPS) is 12.1. The third kappa shape index (κ3) is 3.44. The number of benzene rings is 1. The van der Waals surface area contributed by atoms with Crippen molar-refractivity contribution in [3.05, 3.63) is 40.7 Å². The zero-order valence-electron chi connectivity index (χ0n) is 12.5. The van der Waals surface area contributed by atoms with Gasteiger partial charge in [-0.1, -0.05) is 18.2 Å². The molecule has 0 saturated heterocycles. The van der Waals surface area contributed by atoms with E-state index in [-0.39, 0.29) is 11.2 Å². The molecule has 0 aliphatic carbocycles. The molecule has 2 aromatic rings. The van der Waals surface area contributed by atoms with Crippen molar-refractivity contribution in [2.75, 3.05) is 0 Å². The van der Waals surface area contributed by atoms with Crippen LogP contribution >= 0.6 is 10.7 Å². The van der Waals surface area contributed by atoms with Crippen LogP contribution in [0.3, 0.4) is 0 Å². The van der Waals surface area contributed by atoms with E-state index in [1.807, 2.05) is 39.8 Å². The average Bonchev–Trinajstić information content (AvgIpc) is 2.77. The molecule has 2 rings (SSSR count). The molecule has 0 atom stereocenters. The summed E-state index contributed by atoms with van der Waals surface area (Å²) in [6.45, 7) is 7.84. The summed E-state index contributed by atoms with van der Waals surface area (Å²) in [4.78, 5) is 0. The SMILES string of the molecule is Cc1ccc(Cc2nnc(S(=O)(=O)Cl)n2C(C)C)cc1C. The van der Waals surface area contributed by atoms with Crippen LogP contribution in [0.2, 0.25) is 0 Å². The predicted molar refractivity (Wildman–Crippen MR) is 82.2 cm³/mol. The fourth-order valence-electron chi connectivity index (χ4n) is 2.21. The number of aryl methyl sites for hydroxylation is 2. The van der Waals surface area contributed by atoms with Crippen LogP contribution in [-0.2, 0) is 15.5 Å². The molecule has 0 aliphatic heterocycles. The van der Waals surface area contributed by atoms with Crippen molar-refractivity contribution in [3.8, 4) is 0 Å². The van der Waals surface area contributed by atoms with Crippen LogP contribution in [-0.4, -0.2) is 23.2 Å². The van der Waals surface area contributed by atoms with Gasteiger partial charge >= 0.3 is 0 Å². The minimum atomic E-state index is -3.90. The van der Waals surface area contributed by atoms with E-state index in [0.29, 0.717) is 12.2 Å². The fourth-order valence-corrected chi connectivity index (χ4v) is 3.21. The molecule has 0 unspecified atom stereocenters. The van der Waals surface area contributed by atoms with Gasteiger partial charge in [0, 0.05) is 23.1 Å². The van der Waals surface area contributed by atoms with Crippen LogP contribution in [0.25, 0.3) is 0 Å². The summed E-state index contributed by atoms with van der Waals surface area (Å²) >= 11 is 0. The van der Waals surface area contributed by atoms with Gasteiger partial charge in [0.1, 0.15) is 5.82 Å². The first kappa shape index (κ1) is 16.0. The second-order valence-electron chi connectivity index (χ2n) is 5.40. The van der Waals surface area contributed by atoms with Crippen LogP contribution in [0.15, 0.2) is 23.4 Å². The Morgan fingerprint density at radius 3 is 2.38 bits per heavy atom. The first-order chi connectivity index (χ1) is 9.70. The quantitative estimate of drug-likeness (QED) is 0.810. The molecule has 1 aromatic heterocycles. The number of aromatic nitrogens is 3. The lowest BCUT2D eigenvalue weighted by atomic mass is 10.0. The van der Waals surface area contributed by atoms with E-state index in [0.717, 1.165) is 5.56 Å². The molecule has 1 aromatic carbocycles. The van der Waals surface area contributed by atoms with Crippen molar-refractivity contribution >= 4 is 19.7 Å². The summed E-state index contributed by atoms with van der Waals surface area (Å²) in [7, 11) is 1.52. The molecule has 0 aliphatic rings. The van der Waals surface area contributed by atoms with Crippen molar-refractivity contribution < 1.29 is 8.42 Å². The van der Waals surface area contributed by atoms with Crippen molar-refractivity contribution in [2.24, 2.45) is 0 Å². The molecule has 0 N–H and O–H groups in total. The molecule has 0 radical (unpaired) electrons. The zero-order chi connectivity index (χ0) is 15.8. The maximum Gasteiger partial charge on any atom is 0.296 e. The Labute approximate surface area is 129 Å². The number of rotatable bonds is 4. The Hall–Kier alpha value is -1.40. The van der Waals surface area contributed by atoms with Crippen LogP contribution in [0, 0.1) is 13.8 Å². The minimum Gasteiger partial charge on any atom is -0.298 e. The van der Waals surface area contributed by atoms with Gasteiger partial charge in [0.25, 0.3) is 14.2 Å². The highest BCUT2D eigenvalue weighted by atomic mass is 35.7. The minimum absolute atomic E-state index is 0.0925. The lowest BCUT2D eigenvalue weighted by Gasteiger charge is -2.13. The summed E-state index contributed by atoms with van der Waals surface area (Å²) in [5.41, 5.74) is 3.47. The third-order valence-corrected chi connectivity index (χ3v) is 4.53. The Morgan fingerprint density at radius 2 is 1.86 bits per heavy atom. The van der Waals surface area contributed by atoms with Crippen LogP contribution in [0.5, 0.6) is 0 Å². The van der Waals surface area contributed by atoms with Gasteiger partial charge in [0.2, 0.25) is 0 Å². The van der Waals surface area contributed by atoms with E-state index in [9.17, 15) is 8.42 Å². The highest BCUT2D eigenvalue weighted by Gasteiger charge is 2.24. The van der Waals surface area contributed by atoms with E-state index in [2.05, 4.69) is 16.3 Å². The van der Waals surface area contributed by atoms with E-state index in [1.165, 1.54) is 11.1 Å². The zero-order valence-corrected chi connectivity index (χ0v) is 14.0. The molecule has 114 valence electrons. The molecular formula is C14H18ClN3O2S. The Balaban J connectivity index is 2.45. The van der Waals surface area contributed by atoms with Gasteiger partial charge in [-0.15, -0.1) is 10.2 Å². The van der Waals surface area contributed by atoms with Gasteiger partial charge in [-0.25, -0.2) is 8.42 Å². The predicted octanol–water partition coefficient (Wildman–Crippen LogP) is 2.99. The molecule has 0 bridgehead atoms. The second-order valence-corrected chi connectivity index (χ2v) is 7.86. The van der Waals surface area contributed by atoms with E-state index in [4.69, 9.17) is 10.7 Å². The third-order valence-electron chi connectivity index (χ3n) is 3.40. The van der Waals surface area contributed by atoms with Crippen molar-refractivity contribution in [2.45, 2.75) is 45.3 Å². The van der Waals surface area contributed by atoms with E-state index >= 15 is 0 Å². The van der Waals surface area contributed by atoms with Crippen molar-refractivity contribution in [1.29, 1.82) is 0 Å². The number of hydrogen-bond acceptors (Lipinski definition) is 4. The highest BCUT2D eigenvalue weighted by Crippen LogP contribution is 2.21. The second kappa shape index (κ2) is 5.77. The Kier molecular flexibility index (Phi) is 4.39. The van der Waals surface area contributed by atoms with Gasteiger partial charge in [-0.05, 0) is 44.4 Å². The summed E-state index contributed by atoms with van der Waals surface area (Å²) in [5.74, 6) is 0.590. The molecule has 0 fully saturated rings. The average molecular weight is 328 g/mol. The van der Waals surface area contributed by atoms with Gasteiger partial charge in [-0.2, -0.15) is 0 Å². The monoisotopic (exact) mass is 327 g/mol. The summed E-state index contributed by atoms with van der Waals surface area (Å²) in [6, 6.07) is 6.03. The van der Waals surface area contributed by atoms with Crippen LogP contribution in [0.4, 0.5) is 0 Å². The Bertz CT molecular complexity index is 767. The van der Waals surface area contributed by atoms with E-state index in [1.54, 1.807) is 4.57 Å². The molecule has 0 spiro atoms. The lowest BCUT2D eigenvalue weighted by Crippen LogP contribution is -2.12. The molecule has 5 nitrogen and oxygen atoms in total. The van der Waals surface area contributed by atoms with Gasteiger partial charge in [0.05, 0.1) is 0 Å². The summed E-state index contributed by atoms with van der Waals surface area (Å²) in [6.07, 6.45) is 0.513.